The molecule has 0 aliphatic carbocycles. The fraction of sp³-hybridized carbons (Fsp3) is 0.714. The molecule has 2 heterocycles. The normalized spacial score (nSPS) is 20.1. The maximum atomic E-state index is 12.2. The second-order valence-electron chi connectivity index (χ2n) is 5.35. The molecule has 5 nitrogen and oxygen atoms in total. The lowest BCUT2D eigenvalue weighted by Crippen LogP contribution is -2.31. The van der Waals surface area contributed by atoms with E-state index in [0.717, 1.165) is 49.6 Å². The SMILES string of the molecule is Cc1nc(CNC(=O)C2CCCNCC2)n(C)c1C. The van der Waals surface area contributed by atoms with Crippen LogP contribution in [0.4, 0.5) is 0 Å². The summed E-state index contributed by atoms with van der Waals surface area (Å²) in [4.78, 5) is 16.6. The number of hydrogen-bond donors (Lipinski definition) is 2. The number of carbonyl (C=O) groups excluding carboxylic acids is 1. The first-order valence-corrected chi connectivity index (χ1v) is 7.07. The summed E-state index contributed by atoms with van der Waals surface area (Å²) in [5.41, 5.74) is 2.19. The van der Waals surface area contributed by atoms with Gasteiger partial charge in [-0.15, -0.1) is 0 Å². The Morgan fingerprint density at radius 2 is 2.21 bits per heavy atom. The second kappa shape index (κ2) is 6.19. The van der Waals surface area contributed by atoms with Crippen LogP contribution in [0, 0.1) is 19.8 Å². The fourth-order valence-electron chi connectivity index (χ4n) is 2.54. The van der Waals surface area contributed by atoms with E-state index in [1.54, 1.807) is 0 Å². The number of rotatable bonds is 3. The predicted octanol–water partition coefficient (Wildman–Crippen LogP) is 1.04. The molecule has 1 aliphatic rings. The van der Waals surface area contributed by atoms with E-state index in [1.807, 2.05) is 25.5 Å². The molecular weight excluding hydrogens is 240 g/mol. The third-order valence-electron chi connectivity index (χ3n) is 4.08. The van der Waals surface area contributed by atoms with Crippen molar-refractivity contribution in [2.24, 2.45) is 13.0 Å². The van der Waals surface area contributed by atoms with Crippen LogP contribution in [0.3, 0.4) is 0 Å². The lowest BCUT2D eigenvalue weighted by molar-refractivity contribution is -0.125. The zero-order valence-electron chi connectivity index (χ0n) is 12.1. The van der Waals surface area contributed by atoms with Crippen molar-refractivity contribution in [3.8, 4) is 0 Å². The van der Waals surface area contributed by atoms with Crippen molar-refractivity contribution < 1.29 is 4.79 Å². The van der Waals surface area contributed by atoms with Crippen molar-refractivity contribution in [3.63, 3.8) is 0 Å². The predicted molar refractivity (Wildman–Crippen MR) is 74.7 cm³/mol. The van der Waals surface area contributed by atoms with E-state index in [0.29, 0.717) is 6.54 Å². The lowest BCUT2D eigenvalue weighted by atomic mass is 10.00. The number of imidazole rings is 1. The first-order valence-electron chi connectivity index (χ1n) is 7.07. The molecule has 2 rings (SSSR count). The molecule has 2 N–H and O–H groups in total. The number of carbonyl (C=O) groups is 1. The van der Waals surface area contributed by atoms with Gasteiger partial charge in [-0.25, -0.2) is 4.98 Å². The highest BCUT2D eigenvalue weighted by Crippen LogP contribution is 2.14. The molecule has 0 radical (unpaired) electrons. The van der Waals surface area contributed by atoms with Gasteiger partial charge < -0.3 is 15.2 Å². The molecule has 0 saturated carbocycles. The first-order chi connectivity index (χ1) is 9.09. The Labute approximate surface area is 114 Å². The third kappa shape index (κ3) is 3.35. The van der Waals surface area contributed by atoms with Gasteiger partial charge in [0.1, 0.15) is 5.82 Å². The largest absolute Gasteiger partial charge is 0.349 e. The molecule has 1 fully saturated rings. The minimum absolute atomic E-state index is 0.150. The molecular formula is C14H24N4O. The zero-order valence-corrected chi connectivity index (χ0v) is 12.1. The van der Waals surface area contributed by atoms with Crippen molar-refractivity contribution in [1.29, 1.82) is 0 Å². The molecule has 5 heteroatoms. The molecule has 1 saturated heterocycles. The van der Waals surface area contributed by atoms with Crippen LogP contribution in [0.25, 0.3) is 0 Å². The van der Waals surface area contributed by atoms with E-state index in [1.165, 1.54) is 0 Å². The highest BCUT2D eigenvalue weighted by atomic mass is 16.1. The number of aryl methyl sites for hydroxylation is 1. The van der Waals surface area contributed by atoms with Crippen molar-refractivity contribution in [3.05, 3.63) is 17.2 Å². The first kappa shape index (κ1) is 14.1. The number of nitrogens with zero attached hydrogens (tertiary/aromatic N) is 2. The fourth-order valence-corrected chi connectivity index (χ4v) is 2.54. The van der Waals surface area contributed by atoms with E-state index in [-0.39, 0.29) is 11.8 Å². The average Bonchev–Trinajstić information content (AvgIpc) is 2.65. The third-order valence-corrected chi connectivity index (χ3v) is 4.08. The summed E-state index contributed by atoms with van der Waals surface area (Å²) in [7, 11) is 1.99. The maximum absolute atomic E-state index is 12.2. The number of amides is 1. The van der Waals surface area contributed by atoms with E-state index >= 15 is 0 Å². The van der Waals surface area contributed by atoms with Gasteiger partial charge in [0, 0.05) is 18.7 Å². The molecule has 1 amide bonds. The van der Waals surface area contributed by atoms with Crippen LogP contribution in [0.2, 0.25) is 0 Å². The Hall–Kier alpha value is -1.36. The van der Waals surface area contributed by atoms with Gasteiger partial charge in [0.2, 0.25) is 5.91 Å². The topological polar surface area (TPSA) is 59.0 Å². The van der Waals surface area contributed by atoms with Gasteiger partial charge in [-0.2, -0.15) is 0 Å². The quantitative estimate of drug-likeness (QED) is 0.857. The number of aromatic nitrogens is 2. The van der Waals surface area contributed by atoms with Crippen molar-refractivity contribution >= 4 is 5.91 Å². The maximum Gasteiger partial charge on any atom is 0.223 e. The Bertz CT molecular complexity index is 445. The number of nitrogens with one attached hydrogen (secondary N) is 2. The monoisotopic (exact) mass is 264 g/mol. The average molecular weight is 264 g/mol. The Morgan fingerprint density at radius 3 is 2.89 bits per heavy atom. The van der Waals surface area contributed by atoms with Gasteiger partial charge in [0.25, 0.3) is 0 Å². The van der Waals surface area contributed by atoms with E-state index < -0.39 is 0 Å². The molecule has 1 atom stereocenters. The van der Waals surface area contributed by atoms with Crippen LogP contribution in [0.1, 0.15) is 36.5 Å². The Morgan fingerprint density at radius 1 is 1.42 bits per heavy atom. The molecule has 1 aliphatic heterocycles. The Kier molecular flexibility index (Phi) is 4.58. The standard InChI is InChI=1S/C14H24N4O/c1-10-11(2)18(3)13(17-10)9-16-14(19)12-5-4-7-15-8-6-12/h12,15H,4-9H2,1-3H3,(H,16,19). The summed E-state index contributed by atoms with van der Waals surface area (Å²) in [6.45, 7) is 6.54. The summed E-state index contributed by atoms with van der Waals surface area (Å²) < 4.78 is 2.05. The van der Waals surface area contributed by atoms with E-state index in [2.05, 4.69) is 15.6 Å². The van der Waals surface area contributed by atoms with Crippen molar-refractivity contribution in [2.75, 3.05) is 13.1 Å². The van der Waals surface area contributed by atoms with Gasteiger partial charge >= 0.3 is 0 Å². The zero-order chi connectivity index (χ0) is 13.8. The molecule has 106 valence electrons. The van der Waals surface area contributed by atoms with Crippen LogP contribution in [0.15, 0.2) is 0 Å². The summed E-state index contributed by atoms with van der Waals surface area (Å²) in [6, 6.07) is 0. The highest BCUT2D eigenvalue weighted by Gasteiger charge is 2.20. The van der Waals surface area contributed by atoms with Crippen LogP contribution in [-0.2, 0) is 18.4 Å². The minimum Gasteiger partial charge on any atom is -0.349 e. The van der Waals surface area contributed by atoms with Gasteiger partial charge in [0.15, 0.2) is 0 Å². The van der Waals surface area contributed by atoms with Crippen LogP contribution in [0.5, 0.6) is 0 Å². The smallest absolute Gasteiger partial charge is 0.223 e. The minimum atomic E-state index is 0.150. The second-order valence-corrected chi connectivity index (χ2v) is 5.35. The van der Waals surface area contributed by atoms with Gasteiger partial charge in [0.05, 0.1) is 12.2 Å². The van der Waals surface area contributed by atoms with Crippen molar-refractivity contribution in [1.82, 2.24) is 20.2 Å². The molecule has 0 spiro atoms. The molecule has 19 heavy (non-hydrogen) atoms. The molecule has 1 unspecified atom stereocenters. The summed E-state index contributed by atoms with van der Waals surface area (Å²) >= 11 is 0. The van der Waals surface area contributed by atoms with Gasteiger partial charge in [-0.3, -0.25) is 4.79 Å². The molecule has 1 aromatic heterocycles. The number of hydrogen-bond acceptors (Lipinski definition) is 3. The lowest BCUT2D eigenvalue weighted by Gasteiger charge is -2.13. The highest BCUT2D eigenvalue weighted by molar-refractivity contribution is 5.78. The van der Waals surface area contributed by atoms with Gasteiger partial charge in [-0.05, 0) is 46.2 Å². The summed E-state index contributed by atoms with van der Waals surface area (Å²) in [6.07, 6.45) is 3.00. The summed E-state index contributed by atoms with van der Waals surface area (Å²) in [5.74, 6) is 1.24. The van der Waals surface area contributed by atoms with E-state index in [9.17, 15) is 4.79 Å². The summed E-state index contributed by atoms with van der Waals surface area (Å²) in [5, 5.41) is 6.36. The van der Waals surface area contributed by atoms with Crippen LogP contribution < -0.4 is 10.6 Å². The van der Waals surface area contributed by atoms with Crippen molar-refractivity contribution in [2.45, 2.75) is 39.7 Å². The van der Waals surface area contributed by atoms with Crippen LogP contribution in [-0.4, -0.2) is 28.5 Å². The van der Waals surface area contributed by atoms with Crippen LogP contribution >= 0.6 is 0 Å². The van der Waals surface area contributed by atoms with Gasteiger partial charge in [-0.1, -0.05) is 0 Å². The molecule has 1 aromatic rings. The van der Waals surface area contributed by atoms with E-state index in [4.69, 9.17) is 0 Å². The molecule has 0 aromatic carbocycles. The Balaban J connectivity index is 1.90. The molecule has 0 bridgehead atoms.